The largest absolute Gasteiger partial charge is 0.452 e. The van der Waals surface area contributed by atoms with E-state index in [2.05, 4.69) is 10.1 Å². The molecule has 1 heterocycles. The van der Waals surface area contributed by atoms with Gasteiger partial charge in [-0.25, -0.2) is 9.59 Å². The number of amides is 3. The van der Waals surface area contributed by atoms with Crippen LogP contribution in [0.25, 0.3) is 0 Å². The van der Waals surface area contributed by atoms with Crippen molar-refractivity contribution in [3.8, 4) is 5.75 Å². The molecule has 1 fully saturated rings. The van der Waals surface area contributed by atoms with Gasteiger partial charge in [-0.3, -0.25) is 9.69 Å². The summed E-state index contributed by atoms with van der Waals surface area (Å²) < 4.78 is 33.4. The highest BCUT2D eigenvalue weighted by molar-refractivity contribution is 5.98. The Labute approximate surface area is 123 Å². The number of ether oxygens (including phenoxy) is 2. The number of nitrogens with zero attached hydrogens (tertiary/aromatic N) is 1. The molecular formula is C13H12F2N2O5. The highest BCUT2D eigenvalue weighted by Gasteiger charge is 2.27. The number of hydrogen-bond acceptors (Lipinski definition) is 5. The van der Waals surface area contributed by atoms with Crippen LogP contribution in [0.1, 0.15) is 10.4 Å². The molecule has 0 spiro atoms. The number of imide groups is 1. The predicted molar refractivity (Wildman–Crippen MR) is 68.5 cm³/mol. The molecule has 0 aromatic heterocycles. The number of urea groups is 1. The summed E-state index contributed by atoms with van der Waals surface area (Å²) in [5.74, 6) is -2.05. The Balaban J connectivity index is 1.98. The third kappa shape index (κ3) is 3.68. The van der Waals surface area contributed by atoms with Gasteiger partial charge in [0.05, 0.1) is 0 Å². The molecule has 1 N–H and O–H groups in total. The first-order chi connectivity index (χ1) is 10.5. The smallest absolute Gasteiger partial charge is 0.387 e. The molecule has 1 aromatic carbocycles. The molecule has 0 saturated carbocycles. The average Bonchev–Trinajstić information content (AvgIpc) is 2.90. The van der Waals surface area contributed by atoms with Crippen LogP contribution in [0.3, 0.4) is 0 Å². The van der Waals surface area contributed by atoms with Gasteiger partial charge < -0.3 is 14.8 Å². The van der Waals surface area contributed by atoms with E-state index in [4.69, 9.17) is 4.74 Å². The Hall–Kier alpha value is -2.71. The van der Waals surface area contributed by atoms with Crippen molar-refractivity contribution < 1.29 is 32.6 Å². The highest BCUT2D eigenvalue weighted by Crippen LogP contribution is 2.21. The fraction of sp³-hybridized carbons (Fsp3) is 0.308. The van der Waals surface area contributed by atoms with Crippen LogP contribution in [0.4, 0.5) is 13.6 Å². The minimum atomic E-state index is -3.09. The van der Waals surface area contributed by atoms with Crippen LogP contribution in [0.5, 0.6) is 5.75 Å². The lowest BCUT2D eigenvalue weighted by Gasteiger charge is -2.13. The lowest BCUT2D eigenvalue weighted by Crippen LogP contribution is -2.37. The average molecular weight is 314 g/mol. The zero-order valence-electron chi connectivity index (χ0n) is 11.3. The van der Waals surface area contributed by atoms with Crippen molar-refractivity contribution in [3.05, 3.63) is 29.8 Å². The van der Waals surface area contributed by atoms with Crippen molar-refractivity contribution in [1.29, 1.82) is 0 Å². The number of esters is 1. The van der Waals surface area contributed by atoms with Crippen LogP contribution >= 0.6 is 0 Å². The summed E-state index contributed by atoms with van der Waals surface area (Å²) in [5, 5.41) is 2.42. The Morgan fingerprint density at radius 1 is 1.32 bits per heavy atom. The molecule has 0 unspecified atom stereocenters. The topological polar surface area (TPSA) is 84.9 Å². The summed E-state index contributed by atoms with van der Waals surface area (Å²) in [4.78, 5) is 35.7. The summed E-state index contributed by atoms with van der Waals surface area (Å²) in [5.41, 5.74) is -0.235. The molecule has 9 heteroatoms. The molecule has 1 saturated heterocycles. The summed E-state index contributed by atoms with van der Waals surface area (Å²) >= 11 is 0. The maximum Gasteiger partial charge on any atom is 0.387 e. The normalized spacial score (nSPS) is 14.0. The van der Waals surface area contributed by atoms with Crippen molar-refractivity contribution in [3.63, 3.8) is 0 Å². The SMILES string of the molecule is O=C(OCC(=O)N1CCNC1=O)c1ccccc1OC(F)F. The Morgan fingerprint density at radius 3 is 2.68 bits per heavy atom. The molecule has 0 radical (unpaired) electrons. The van der Waals surface area contributed by atoms with E-state index in [0.29, 0.717) is 6.54 Å². The number of carbonyl (C=O) groups excluding carboxylic acids is 3. The van der Waals surface area contributed by atoms with Crippen molar-refractivity contribution in [2.75, 3.05) is 19.7 Å². The first-order valence-electron chi connectivity index (χ1n) is 6.28. The zero-order valence-corrected chi connectivity index (χ0v) is 11.3. The summed E-state index contributed by atoms with van der Waals surface area (Å²) in [7, 11) is 0. The standard InChI is InChI=1S/C13H12F2N2O5/c14-12(15)22-9-4-2-1-3-8(9)11(19)21-7-10(18)17-6-5-16-13(17)20/h1-4,12H,5-7H2,(H,16,20). The highest BCUT2D eigenvalue weighted by atomic mass is 19.3. The molecule has 1 aromatic rings. The van der Waals surface area contributed by atoms with E-state index in [9.17, 15) is 23.2 Å². The van der Waals surface area contributed by atoms with Gasteiger partial charge in [0.25, 0.3) is 5.91 Å². The monoisotopic (exact) mass is 314 g/mol. The van der Waals surface area contributed by atoms with Gasteiger partial charge in [-0.2, -0.15) is 8.78 Å². The van der Waals surface area contributed by atoms with Crippen LogP contribution in [0.2, 0.25) is 0 Å². The minimum absolute atomic E-state index is 0.181. The fourth-order valence-electron chi connectivity index (χ4n) is 1.83. The van der Waals surface area contributed by atoms with Gasteiger partial charge in [-0.1, -0.05) is 12.1 Å². The number of carbonyl (C=O) groups is 3. The van der Waals surface area contributed by atoms with Crippen LogP contribution < -0.4 is 10.1 Å². The molecule has 7 nitrogen and oxygen atoms in total. The summed E-state index contributed by atoms with van der Waals surface area (Å²) in [6, 6.07) is 4.69. The molecule has 0 bridgehead atoms. The number of hydrogen-bond donors (Lipinski definition) is 1. The third-order valence-electron chi connectivity index (χ3n) is 2.81. The number of rotatable bonds is 5. The number of benzene rings is 1. The predicted octanol–water partition coefficient (Wildman–Crippen LogP) is 0.997. The molecule has 1 aliphatic rings. The van der Waals surface area contributed by atoms with E-state index in [-0.39, 0.29) is 17.9 Å². The first kappa shape index (κ1) is 15.7. The van der Waals surface area contributed by atoms with Crippen molar-refractivity contribution in [1.82, 2.24) is 10.2 Å². The third-order valence-corrected chi connectivity index (χ3v) is 2.81. The van der Waals surface area contributed by atoms with Gasteiger partial charge in [-0.15, -0.1) is 0 Å². The second-order valence-corrected chi connectivity index (χ2v) is 4.23. The molecule has 118 valence electrons. The Kier molecular flexibility index (Phi) is 4.87. The molecule has 0 atom stereocenters. The van der Waals surface area contributed by atoms with Gasteiger partial charge in [-0.05, 0) is 12.1 Å². The minimum Gasteiger partial charge on any atom is -0.452 e. The lowest BCUT2D eigenvalue weighted by atomic mass is 10.2. The van der Waals surface area contributed by atoms with Crippen LogP contribution in [0.15, 0.2) is 24.3 Å². The van der Waals surface area contributed by atoms with Gasteiger partial charge >= 0.3 is 18.6 Å². The van der Waals surface area contributed by atoms with Gasteiger partial charge in [0.2, 0.25) is 0 Å². The van der Waals surface area contributed by atoms with E-state index in [1.807, 2.05) is 0 Å². The zero-order chi connectivity index (χ0) is 16.1. The van der Waals surface area contributed by atoms with E-state index >= 15 is 0 Å². The molecule has 22 heavy (non-hydrogen) atoms. The lowest BCUT2D eigenvalue weighted by molar-refractivity contribution is -0.130. The second-order valence-electron chi connectivity index (χ2n) is 4.23. The Bertz CT molecular complexity index is 594. The van der Waals surface area contributed by atoms with E-state index < -0.39 is 31.1 Å². The number of halogens is 2. The molecule has 0 aliphatic carbocycles. The number of nitrogens with one attached hydrogen (secondary N) is 1. The maximum absolute atomic E-state index is 12.2. The Morgan fingerprint density at radius 2 is 2.05 bits per heavy atom. The van der Waals surface area contributed by atoms with Crippen molar-refractivity contribution in [2.24, 2.45) is 0 Å². The van der Waals surface area contributed by atoms with E-state index in [1.165, 1.54) is 24.3 Å². The summed E-state index contributed by atoms with van der Waals surface area (Å²) in [6.07, 6.45) is 0. The fourth-order valence-corrected chi connectivity index (χ4v) is 1.83. The number of alkyl halides is 2. The van der Waals surface area contributed by atoms with Crippen molar-refractivity contribution in [2.45, 2.75) is 6.61 Å². The van der Waals surface area contributed by atoms with Gasteiger partial charge in [0.15, 0.2) is 6.61 Å². The van der Waals surface area contributed by atoms with E-state index in [0.717, 1.165) is 4.90 Å². The molecular weight excluding hydrogens is 302 g/mol. The second kappa shape index (κ2) is 6.83. The van der Waals surface area contributed by atoms with E-state index in [1.54, 1.807) is 0 Å². The number of para-hydroxylation sites is 1. The van der Waals surface area contributed by atoms with Crippen LogP contribution in [-0.2, 0) is 9.53 Å². The van der Waals surface area contributed by atoms with Gasteiger partial charge in [0, 0.05) is 13.1 Å². The maximum atomic E-state index is 12.2. The quantitative estimate of drug-likeness (QED) is 0.820. The van der Waals surface area contributed by atoms with Crippen molar-refractivity contribution >= 4 is 17.9 Å². The first-order valence-corrected chi connectivity index (χ1v) is 6.28. The van der Waals surface area contributed by atoms with Crippen LogP contribution in [0, 0.1) is 0 Å². The molecule has 3 amide bonds. The van der Waals surface area contributed by atoms with Crippen LogP contribution in [-0.4, -0.2) is 49.1 Å². The molecule has 1 aliphatic heterocycles. The van der Waals surface area contributed by atoms with Gasteiger partial charge in [0.1, 0.15) is 11.3 Å². The summed E-state index contributed by atoms with van der Waals surface area (Å²) in [6.45, 7) is -3.26. The molecule has 2 rings (SSSR count).